The van der Waals surface area contributed by atoms with Crippen molar-refractivity contribution in [3.8, 4) is 0 Å². The summed E-state index contributed by atoms with van der Waals surface area (Å²) < 4.78 is 11.0. The van der Waals surface area contributed by atoms with Crippen LogP contribution < -0.4 is 5.32 Å². The molecule has 1 rings (SSSR count). The van der Waals surface area contributed by atoms with Gasteiger partial charge in [-0.15, -0.1) is 0 Å². The monoisotopic (exact) mass is 742 g/mol. The highest BCUT2D eigenvalue weighted by Gasteiger charge is 2.44. The molecule has 0 aromatic carbocycles. The van der Waals surface area contributed by atoms with Crippen LogP contribution in [0.1, 0.15) is 200 Å². The molecule has 1 heterocycles. The van der Waals surface area contributed by atoms with Gasteiger partial charge in [-0.1, -0.05) is 187 Å². The molecule has 1 aliphatic heterocycles. The number of aliphatic hydroxyl groups excluding tert-OH is 5. The summed E-state index contributed by atoms with van der Waals surface area (Å²) in [6.45, 7) is 3.53. The van der Waals surface area contributed by atoms with E-state index in [2.05, 4.69) is 12.2 Å². The summed E-state index contributed by atoms with van der Waals surface area (Å²) >= 11 is 0. The maximum absolute atomic E-state index is 12.4. The van der Waals surface area contributed by atoms with Crippen molar-refractivity contribution < 1.29 is 39.8 Å². The van der Waals surface area contributed by atoms with Gasteiger partial charge in [-0.3, -0.25) is 4.79 Å². The Morgan fingerprint density at radius 1 is 0.635 bits per heavy atom. The highest BCUT2D eigenvalue weighted by molar-refractivity contribution is 5.76. The second-order valence-electron chi connectivity index (χ2n) is 15.5. The second-order valence-corrected chi connectivity index (χ2v) is 15.5. The van der Waals surface area contributed by atoms with Gasteiger partial charge in [0.1, 0.15) is 24.4 Å². The number of allylic oxidation sites excluding steroid dienone is 1. The highest BCUT2D eigenvalue weighted by atomic mass is 16.7. The van der Waals surface area contributed by atoms with E-state index in [1.165, 1.54) is 148 Å². The van der Waals surface area contributed by atoms with Gasteiger partial charge < -0.3 is 40.3 Å². The van der Waals surface area contributed by atoms with Gasteiger partial charge in [0.05, 0.1) is 25.4 Å². The molecular weight excluding hydrogens is 658 g/mol. The summed E-state index contributed by atoms with van der Waals surface area (Å²) in [6, 6.07) is -0.794. The average molecular weight is 742 g/mol. The largest absolute Gasteiger partial charge is 0.394 e. The fourth-order valence-electron chi connectivity index (χ4n) is 7.02. The van der Waals surface area contributed by atoms with E-state index in [-0.39, 0.29) is 12.5 Å². The topological polar surface area (TPSA) is 149 Å². The van der Waals surface area contributed by atoms with Crippen LogP contribution in [0.2, 0.25) is 0 Å². The Kier molecular flexibility index (Phi) is 32.4. The summed E-state index contributed by atoms with van der Waals surface area (Å²) in [5, 5.41) is 53.4. The van der Waals surface area contributed by atoms with Crippen molar-refractivity contribution >= 4 is 5.91 Å². The predicted molar refractivity (Wildman–Crippen MR) is 212 cm³/mol. The number of unbranched alkanes of at least 4 members (excludes halogenated alkanes) is 26. The van der Waals surface area contributed by atoms with Gasteiger partial charge in [-0.05, 0) is 19.3 Å². The lowest BCUT2D eigenvalue weighted by Crippen LogP contribution is -2.60. The summed E-state index contributed by atoms with van der Waals surface area (Å²) in [6.07, 6.45) is 32.6. The van der Waals surface area contributed by atoms with Gasteiger partial charge in [0, 0.05) is 6.42 Å². The van der Waals surface area contributed by atoms with E-state index in [4.69, 9.17) is 9.47 Å². The first-order valence-corrected chi connectivity index (χ1v) is 21.9. The van der Waals surface area contributed by atoms with Gasteiger partial charge in [-0.25, -0.2) is 0 Å². The fraction of sp³-hybridized carbons (Fsp3) is 0.930. The zero-order chi connectivity index (χ0) is 38.1. The van der Waals surface area contributed by atoms with Crippen LogP contribution in [0.5, 0.6) is 0 Å². The summed E-state index contributed by atoms with van der Waals surface area (Å²) in [4.78, 5) is 12.4. The van der Waals surface area contributed by atoms with E-state index in [0.717, 1.165) is 32.1 Å². The standard InChI is InChI=1S/C43H83NO8/c1-3-5-7-8-9-10-11-12-13-14-15-16-17-18-19-20-21-22-23-24-25-26-27-28-29-30-31-32-37(46)36(44-39(47)33-6-4-2)35-51-43-42(50)41(49)40(48)38(34-45)52-43/h31-32,36-38,40-43,45-46,48-50H,3-30,33-35H2,1-2H3,(H,44,47)/b32-31+. The number of rotatable bonds is 36. The van der Waals surface area contributed by atoms with Crippen molar-refractivity contribution in [2.45, 2.75) is 243 Å². The van der Waals surface area contributed by atoms with Crippen molar-refractivity contribution in [1.82, 2.24) is 5.32 Å². The summed E-state index contributed by atoms with van der Waals surface area (Å²) in [5.74, 6) is -0.211. The lowest BCUT2D eigenvalue weighted by atomic mass is 9.99. The Labute approximate surface area is 318 Å². The molecule has 1 saturated heterocycles. The molecule has 52 heavy (non-hydrogen) atoms. The van der Waals surface area contributed by atoms with Gasteiger partial charge in [0.15, 0.2) is 6.29 Å². The van der Waals surface area contributed by atoms with Gasteiger partial charge in [-0.2, -0.15) is 0 Å². The lowest BCUT2D eigenvalue weighted by molar-refractivity contribution is -0.302. The van der Waals surface area contributed by atoms with E-state index in [1.54, 1.807) is 6.08 Å². The lowest BCUT2D eigenvalue weighted by Gasteiger charge is -2.40. The fourth-order valence-corrected chi connectivity index (χ4v) is 7.02. The molecule has 6 N–H and O–H groups in total. The third-order valence-corrected chi connectivity index (χ3v) is 10.6. The molecule has 0 aliphatic carbocycles. The quantitative estimate of drug-likeness (QED) is 0.0277. The van der Waals surface area contributed by atoms with E-state index < -0.39 is 49.5 Å². The molecule has 0 bridgehead atoms. The molecule has 0 aromatic rings. The van der Waals surface area contributed by atoms with Crippen molar-refractivity contribution in [1.29, 1.82) is 0 Å². The van der Waals surface area contributed by atoms with E-state index in [9.17, 15) is 30.3 Å². The first kappa shape index (κ1) is 48.9. The second kappa shape index (κ2) is 34.4. The number of carbonyl (C=O) groups excluding carboxylic acids is 1. The number of amides is 1. The average Bonchev–Trinajstić information content (AvgIpc) is 3.14. The molecular formula is C43H83NO8. The molecule has 0 spiro atoms. The van der Waals surface area contributed by atoms with Crippen molar-refractivity contribution in [3.05, 3.63) is 12.2 Å². The Hall–Kier alpha value is -1.07. The van der Waals surface area contributed by atoms with Crippen LogP contribution in [0.25, 0.3) is 0 Å². The molecule has 0 aromatic heterocycles. The van der Waals surface area contributed by atoms with Gasteiger partial charge >= 0.3 is 0 Å². The SMILES string of the molecule is CCCCCCCCCCCCCCCCCCCCCCCCCCC/C=C/C(O)C(COC1OC(CO)C(O)C(O)C1O)NC(=O)CCCC. The number of aliphatic hydroxyl groups is 5. The molecule has 0 radical (unpaired) electrons. The van der Waals surface area contributed by atoms with Crippen LogP contribution >= 0.6 is 0 Å². The van der Waals surface area contributed by atoms with Gasteiger partial charge in [0.2, 0.25) is 5.91 Å². The minimum atomic E-state index is -1.56. The number of nitrogens with one attached hydrogen (secondary N) is 1. The van der Waals surface area contributed by atoms with Crippen LogP contribution in [0.15, 0.2) is 12.2 Å². The first-order chi connectivity index (χ1) is 25.3. The summed E-state index contributed by atoms with van der Waals surface area (Å²) in [5.41, 5.74) is 0. The van der Waals surface area contributed by atoms with Crippen LogP contribution in [-0.2, 0) is 14.3 Å². The van der Waals surface area contributed by atoms with Crippen LogP contribution in [0, 0.1) is 0 Å². The Morgan fingerprint density at radius 3 is 1.48 bits per heavy atom. The molecule has 1 aliphatic rings. The summed E-state index contributed by atoms with van der Waals surface area (Å²) in [7, 11) is 0. The maximum Gasteiger partial charge on any atom is 0.220 e. The minimum Gasteiger partial charge on any atom is -0.394 e. The molecule has 308 valence electrons. The van der Waals surface area contributed by atoms with E-state index >= 15 is 0 Å². The van der Waals surface area contributed by atoms with Crippen LogP contribution in [0.4, 0.5) is 0 Å². The molecule has 9 nitrogen and oxygen atoms in total. The first-order valence-electron chi connectivity index (χ1n) is 21.9. The number of hydrogen-bond donors (Lipinski definition) is 6. The zero-order valence-electron chi connectivity index (χ0n) is 33.6. The number of hydrogen-bond acceptors (Lipinski definition) is 8. The smallest absolute Gasteiger partial charge is 0.220 e. The molecule has 9 heteroatoms. The number of ether oxygens (including phenoxy) is 2. The van der Waals surface area contributed by atoms with Gasteiger partial charge in [0.25, 0.3) is 0 Å². The van der Waals surface area contributed by atoms with Crippen LogP contribution in [-0.4, -0.2) is 87.5 Å². The molecule has 1 amide bonds. The molecule has 7 atom stereocenters. The number of carbonyl (C=O) groups is 1. The van der Waals surface area contributed by atoms with Crippen LogP contribution in [0.3, 0.4) is 0 Å². The minimum absolute atomic E-state index is 0.189. The van der Waals surface area contributed by atoms with Crippen molar-refractivity contribution in [3.63, 3.8) is 0 Å². The van der Waals surface area contributed by atoms with E-state index in [1.807, 2.05) is 13.0 Å². The third kappa shape index (κ3) is 25.1. The Bertz CT molecular complexity index is 827. The van der Waals surface area contributed by atoms with Crippen molar-refractivity contribution in [2.75, 3.05) is 13.2 Å². The third-order valence-electron chi connectivity index (χ3n) is 10.6. The Morgan fingerprint density at radius 2 is 1.06 bits per heavy atom. The normalized spacial score (nSPS) is 21.9. The Balaban J connectivity index is 2.06. The highest BCUT2D eigenvalue weighted by Crippen LogP contribution is 2.22. The van der Waals surface area contributed by atoms with E-state index in [0.29, 0.717) is 6.42 Å². The maximum atomic E-state index is 12.4. The zero-order valence-corrected chi connectivity index (χ0v) is 33.6. The molecule has 0 saturated carbocycles. The predicted octanol–water partition coefficient (Wildman–Crippen LogP) is 8.56. The van der Waals surface area contributed by atoms with Crippen molar-refractivity contribution in [2.24, 2.45) is 0 Å². The molecule has 7 unspecified atom stereocenters. The molecule has 1 fully saturated rings.